The van der Waals surface area contributed by atoms with Crippen LogP contribution in [-0.2, 0) is 4.79 Å². The number of ether oxygens (including phenoxy) is 1. The van der Waals surface area contributed by atoms with E-state index in [1.54, 1.807) is 32.0 Å². The molecule has 3 N–H and O–H groups in total. The minimum absolute atomic E-state index is 0.122. The second kappa shape index (κ2) is 6.10. The number of aromatic hydroxyl groups is 1. The highest BCUT2D eigenvalue weighted by molar-refractivity contribution is 5.77. The lowest BCUT2D eigenvalue weighted by molar-refractivity contribution is -0.139. The monoisotopic (exact) mass is 239 g/mol. The zero-order valence-electron chi connectivity index (χ0n) is 9.93. The molecule has 0 bridgehead atoms. The first-order valence-corrected chi connectivity index (χ1v) is 5.52. The molecular weight excluding hydrogens is 222 g/mol. The van der Waals surface area contributed by atoms with Gasteiger partial charge < -0.3 is 20.3 Å². The normalized spacial score (nSPS) is 12.1. The molecule has 0 aliphatic rings. The number of aliphatic carboxylic acids is 1. The van der Waals surface area contributed by atoms with Crippen molar-refractivity contribution in [2.75, 3.05) is 13.2 Å². The van der Waals surface area contributed by atoms with Crippen molar-refractivity contribution in [3.63, 3.8) is 0 Å². The predicted molar refractivity (Wildman–Crippen MR) is 63.3 cm³/mol. The van der Waals surface area contributed by atoms with Gasteiger partial charge in [-0.1, -0.05) is 19.1 Å². The first-order chi connectivity index (χ1) is 8.11. The minimum Gasteiger partial charge on any atom is -0.504 e. The van der Waals surface area contributed by atoms with Gasteiger partial charge in [0.2, 0.25) is 0 Å². The number of carbonyl (C=O) groups is 1. The first kappa shape index (κ1) is 13.3. The summed E-state index contributed by atoms with van der Waals surface area (Å²) in [6.45, 7) is 4.51. The van der Waals surface area contributed by atoms with Crippen LogP contribution in [-0.4, -0.2) is 29.3 Å². The van der Waals surface area contributed by atoms with E-state index in [0.29, 0.717) is 24.5 Å². The number of hydrogen-bond donors (Lipinski definition) is 3. The van der Waals surface area contributed by atoms with Gasteiger partial charge in [0.25, 0.3) is 0 Å². The number of rotatable bonds is 6. The van der Waals surface area contributed by atoms with E-state index in [0.717, 1.165) is 0 Å². The highest BCUT2D eigenvalue weighted by atomic mass is 16.5. The molecule has 1 aromatic carbocycles. The fourth-order valence-electron chi connectivity index (χ4n) is 1.58. The lowest BCUT2D eigenvalue weighted by atomic mass is 10.1. The fourth-order valence-corrected chi connectivity index (χ4v) is 1.58. The van der Waals surface area contributed by atoms with Gasteiger partial charge in [-0.05, 0) is 19.5 Å². The van der Waals surface area contributed by atoms with Crippen molar-refractivity contribution >= 4 is 5.97 Å². The maximum Gasteiger partial charge on any atom is 0.325 e. The fraction of sp³-hybridized carbons (Fsp3) is 0.417. The molecule has 0 fully saturated rings. The first-order valence-electron chi connectivity index (χ1n) is 5.52. The van der Waals surface area contributed by atoms with Crippen molar-refractivity contribution in [2.45, 2.75) is 19.9 Å². The molecule has 1 atom stereocenters. The SMILES string of the molecule is CCNC(C(=O)O)c1cccc(OCC)c1O. The molecule has 0 saturated heterocycles. The Balaban J connectivity index is 3.10. The third-order valence-electron chi connectivity index (χ3n) is 2.30. The molecule has 0 spiro atoms. The lowest BCUT2D eigenvalue weighted by Crippen LogP contribution is -2.28. The average molecular weight is 239 g/mol. The van der Waals surface area contributed by atoms with E-state index in [9.17, 15) is 9.90 Å². The number of carboxylic acid groups (broad SMARTS) is 1. The summed E-state index contributed by atoms with van der Waals surface area (Å²) in [7, 11) is 0. The van der Waals surface area contributed by atoms with Crippen molar-refractivity contribution in [3.8, 4) is 11.5 Å². The molecule has 0 aromatic heterocycles. The predicted octanol–water partition coefficient (Wildman–Crippen LogP) is 1.53. The maximum absolute atomic E-state index is 11.1. The van der Waals surface area contributed by atoms with E-state index in [4.69, 9.17) is 9.84 Å². The Morgan fingerprint density at radius 3 is 2.71 bits per heavy atom. The number of phenolic OH excluding ortho intramolecular Hbond substituents is 1. The number of nitrogens with one attached hydrogen (secondary N) is 1. The molecule has 0 aliphatic heterocycles. The van der Waals surface area contributed by atoms with Crippen LogP contribution in [0.2, 0.25) is 0 Å². The summed E-state index contributed by atoms with van der Waals surface area (Å²) in [5, 5.41) is 21.8. The molecule has 1 rings (SSSR count). The molecule has 94 valence electrons. The number of phenols is 1. The highest BCUT2D eigenvalue weighted by Gasteiger charge is 2.23. The standard InChI is InChI=1S/C12H17NO4/c1-3-13-10(12(15)16)8-6-5-7-9(11(8)14)17-4-2/h5-7,10,13-14H,3-4H2,1-2H3,(H,15,16). The molecule has 0 heterocycles. The summed E-state index contributed by atoms with van der Waals surface area (Å²) in [4.78, 5) is 11.1. The molecular formula is C12H17NO4. The Morgan fingerprint density at radius 1 is 1.47 bits per heavy atom. The van der Waals surface area contributed by atoms with Crippen LogP contribution in [0.5, 0.6) is 11.5 Å². The largest absolute Gasteiger partial charge is 0.504 e. The zero-order valence-corrected chi connectivity index (χ0v) is 9.93. The van der Waals surface area contributed by atoms with Crippen LogP contribution in [0, 0.1) is 0 Å². The van der Waals surface area contributed by atoms with Gasteiger partial charge >= 0.3 is 5.97 Å². The van der Waals surface area contributed by atoms with Gasteiger partial charge in [0.1, 0.15) is 6.04 Å². The van der Waals surface area contributed by atoms with Gasteiger partial charge in [0.05, 0.1) is 6.61 Å². The van der Waals surface area contributed by atoms with Crippen molar-refractivity contribution in [3.05, 3.63) is 23.8 Å². The molecule has 0 aliphatic carbocycles. The third-order valence-corrected chi connectivity index (χ3v) is 2.30. The van der Waals surface area contributed by atoms with Crippen LogP contribution < -0.4 is 10.1 Å². The molecule has 17 heavy (non-hydrogen) atoms. The number of hydrogen-bond acceptors (Lipinski definition) is 4. The van der Waals surface area contributed by atoms with Crippen LogP contribution in [0.1, 0.15) is 25.5 Å². The summed E-state index contributed by atoms with van der Waals surface area (Å²) in [6.07, 6.45) is 0. The Kier molecular flexibility index (Phi) is 4.78. The number of likely N-dealkylation sites (N-methyl/N-ethyl adjacent to an activating group) is 1. The molecule has 5 nitrogen and oxygen atoms in total. The maximum atomic E-state index is 11.1. The van der Waals surface area contributed by atoms with Gasteiger partial charge in [-0.3, -0.25) is 4.79 Å². The summed E-state index contributed by atoms with van der Waals surface area (Å²) in [5.41, 5.74) is 0.310. The number of benzene rings is 1. The quantitative estimate of drug-likeness (QED) is 0.701. The average Bonchev–Trinajstić information content (AvgIpc) is 2.29. The van der Waals surface area contributed by atoms with E-state index in [2.05, 4.69) is 5.32 Å². The molecule has 1 aromatic rings. The van der Waals surface area contributed by atoms with Crippen molar-refractivity contribution < 1.29 is 19.7 Å². The Hall–Kier alpha value is -1.75. The van der Waals surface area contributed by atoms with E-state index >= 15 is 0 Å². The van der Waals surface area contributed by atoms with Crippen LogP contribution in [0.3, 0.4) is 0 Å². The van der Waals surface area contributed by atoms with Crippen LogP contribution in [0.4, 0.5) is 0 Å². The number of para-hydroxylation sites is 1. The van der Waals surface area contributed by atoms with Gasteiger partial charge in [-0.25, -0.2) is 0 Å². The number of carboxylic acids is 1. The Labute approximate surface area is 100 Å². The van der Waals surface area contributed by atoms with Crippen LogP contribution in [0.15, 0.2) is 18.2 Å². The summed E-state index contributed by atoms with van der Waals surface area (Å²) in [6, 6.07) is 3.90. The van der Waals surface area contributed by atoms with E-state index in [-0.39, 0.29) is 5.75 Å². The van der Waals surface area contributed by atoms with E-state index < -0.39 is 12.0 Å². The van der Waals surface area contributed by atoms with Gasteiger partial charge in [-0.2, -0.15) is 0 Å². The van der Waals surface area contributed by atoms with Crippen molar-refractivity contribution in [2.24, 2.45) is 0 Å². The topological polar surface area (TPSA) is 78.8 Å². The Morgan fingerprint density at radius 2 is 2.18 bits per heavy atom. The van der Waals surface area contributed by atoms with Crippen molar-refractivity contribution in [1.82, 2.24) is 5.32 Å². The van der Waals surface area contributed by atoms with E-state index in [1.165, 1.54) is 0 Å². The third kappa shape index (κ3) is 3.10. The molecule has 1 unspecified atom stereocenters. The summed E-state index contributed by atoms with van der Waals surface area (Å²) < 4.78 is 5.21. The van der Waals surface area contributed by atoms with Crippen molar-refractivity contribution in [1.29, 1.82) is 0 Å². The van der Waals surface area contributed by atoms with Crippen LogP contribution in [0.25, 0.3) is 0 Å². The minimum atomic E-state index is -1.03. The summed E-state index contributed by atoms with van der Waals surface area (Å²) >= 11 is 0. The summed E-state index contributed by atoms with van der Waals surface area (Å²) in [5.74, 6) is -0.854. The molecule has 5 heteroatoms. The molecule has 0 radical (unpaired) electrons. The second-order valence-electron chi connectivity index (χ2n) is 3.46. The molecule has 0 amide bonds. The highest BCUT2D eigenvalue weighted by Crippen LogP contribution is 2.33. The van der Waals surface area contributed by atoms with Crippen LogP contribution >= 0.6 is 0 Å². The zero-order chi connectivity index (χ0) is 12.8. The lowest BCUT2D eigenvalue weighted by Gasteiger charge is -2.16. The van der Waals surface area contributed by atoms with Gasteiger partial charge in [0, 0.05) is 5.56 Å². The second-order valence-corrected chi connectivity index (χ2v) is 3.46. The van der Waals surface area contributed by atoms with Gasteiger partial charge in [-0.15, -0.1) is 0 Å². The van der Waals surface area contributed by atoms with E-state index in [1.807, 2.05) is 0 Å². The van der Waals surface area contributed by atoms with Gasteiger partial charge in [0.15, 0.2) is 11.5 Å². The smallest absolute Gasteiger partial charge is 0.325 e. The Bertz CT molecular complexity index is 392. The molecule has 0 saturated carbocycles.